The smallest absolute Gasteiger partial charge is 0.322 e. The molecule has 0 saturated heterocycles. The molecule has 0 saturated carbocycles. The van der Waals surface area contributed by atoms with Gasteiger partial charge in [-0.1, -0.05) is 23.7 Å². The van der Waals surface area contributed by atoms with Gasteiger partial charge in [0.25, 0.3) is 5.56 Å². The number of fused-ring (bicyclic) bond motifs is 1. The van der Waals surface area contributed by atoms with Gasteiger partial charge < -0.3 is 15.2 Å². The molecular weight excluding hydrogens is 376 g/mol. The van der Waals surface area contributed by atoms with Crippen molar-refractivity contribution >= 4 is 34.1 Å². The number of urea groups is 1. The second-order valence-electron chi connectivity index (χ2n) is 6.08. The zero-order chi connectivity index (χ0) is 19.7. The molecule has 1 aromatic heterocycles. The zero-order valence-corrected chi connectivity index (χ0v) is 15.3. The molecule has 0 spiro atoms. The largest absolute Gasteiger partial charge is 0.328 e. The van der Waals surface area contributed by atoms with Gasteiger partial charge in [-0.15, -0.1) is 0 Å². The maximum absolute atomic E-state index is 14.1. The number of nitrogens with one attached hydrogen (secondary N) is 2. The van der Waals surface area contributed by atoms with Crippen molar-refractivity contribution in [3.8, 4) is 0 Å². The lowest BCUT2D eigenvalue weighted by molar-refractivity contribution is 0.208. The number of amides is 2. The summed E-state index contributed by atoms with van der Waals surface area (Å²) in [5.41, 5.74) is 0.383. The van der Waals surface area contributed by atoms with Gasteiger partial charge in [-0.25, -0.2) is 13.6 Å². The first-order valence-corrected chi connectivity index (χ1v) is 8.46. The monoisotopic (exact) mass is 391 g/mol. The van der Waals surface area contributed by atoms with E-state index < -0.39 is 29.3 Å². The third-order valence-corrected chi connectivity index (χ3v) is 4.72. The Balaban J connectivity index is 1.90. The van der Waals surface area contributed by atoms with Crippen LogP contribution in [0.25, 0.3) is 10.8 Å². The van der Waals surface area contributed by atoms with Gasteiger partial charge >= 0.3 is 6.03 Å². The second-order valence-corrected chi connectivity index (χ2v) is 6.49. The van der Waals surface area contributed by atoms with Crippen LogP contribution in [0.1, 0.15) is 18.5 Å². The van der Waals surface area contributed by atoms with E-state index >= 15 is 0 Å². The van der Waals surface area contributed by atoms with Crippen molar-refractivity contribution in [1.82, 2.24) is 9.88 Å². The van der Waals surface area contributed by atoms with Crippen LogP contribution in [-0.4, -0.2) is 23.0 Å². The Morgan fingerprint density at radius 2 is 1.96 bits per heavy atom. The molecule has 0 fully saturated rings. The Bertz CT molecular complexity index is 1080. The summed E-state index contributed by atoms with van der Waals surface area (Å²) in [7, 11) is 1.56. The lowest BCUT2D eigenvalue weighted by Crippen LogP contribution is -2.34. The van der Waals surface area contributed by atoms with E-state index in [1.165, 1.54) is 35.4 Å². The lowest BCUT2D eigenvalue weighted by atomic mass is 10.0. The Morgan fingerprint density at radius 1 is 1.22 bits per heavy atom. The van der Waals surface area contributed by atoms with Crippen LogP contribution < -0.4 is 10.9 Å². The molecule has 0 radical (unpaired) electrons. The fraction of sp³-hybridized carbons (Fsp3) is 0.158. The Kier molecular flexibility index (Phi) is 5.14. The van der Waals surface area contributed by atoms with Crippen molar-refractivity contribution in [1.29, 1.82) is 0 Å². The number of halogens is 3. The van der Waals surface area contributed by atoms with E-state index in [0.29, 0.717) is 16.6 Å². The quantitative estimate of drug-likeness (QED) is 0.680. The molecule has 0 aliphatic heterocycles. The van der Waals surface area contributed by atoms with Crippen molar-refractivity contribution in [2.24, 2.45) is 0 Å². The molecule has 1 unspecified atom stereocenters. The van der Waals surface area contributed by atoms with Crippen LogP contribution in [0, 0.1) is 11.6 Å². The summed E-state index contributed by atoms with van der Waals surface area (Å²) in [6.45, 7) is 1.75. The number of hydrogen-bond acceptors (Lipinski definition) is 2. The minimum Gasteiger partial charge on any atom is -0.328 e. The molecule has 2 amide bonds. The fourth-order valence-corrected chi connectivity index (χ4v) is 2.98. The first kappa shape index (κ1) is 18.8. The summed E-state index contributed by atoms with van der Waals surface area (Å²) in [5, 5.41) is 2.89. The van der Waals surface area contributed by atoms with Crippen LogP contribution >= 0.6 is 11.6 Å². The highest BCUT2D eigenvalue weighted by Crippen LogP contribution is 2.27. The molecule has 1 atom stereocenters. The van der Waals surface area contributed by atoms with Crippen LogP contribution in [-0.2, 0) is 0 Å². The fourth-order valence-electron chi connectivity index (χ4n) is 2.80. The molecule has 2 N–H and O–H groups in total. The Hall–Kier alpha value is -2.93. The predicted molar refractivity (Wildman–Crippen MR) is 101 cm³/mol. The summed E-state index contributed by atoms with van der Waals surface area (Å²) in [5.74, 6) is -1.21. The first-order chi connectivity index (χ1) is 12.8. The molecule has 2 aromatic carbocycles. The van der Waals surface area contributed by atoms with E-state index in [2.05, 4.69) is 10.3 Å². The van der Waals surface area contributed by atoms with Gasteiger partial charge in [0.15, 0.2) is 0 Å². The summed E-state index contributed by atoms with van der Waals surface area (Å²) < 4.78 is 27.3. The van der Waals surface area contributed by atoms with Gasteiger partial charge in [-0.2, -0.15) is 0 Å². The highest BCUT2D eigenvalue weighted by atomic mass is 35.5. The molecule has 0 aliphatic rings. The SMILES string of the molecule is CC(c1c[nH]c(=O)c2c(F)cccc12)N(C)C(=O)Nc1ccc(F)c(Cl)c1. The number of H-pyrrole nitrogens is 1. The molecule has 8 heteroatoms. The van der Waals surface area contributed by atoms with Gasteiger partial charge in [-0.05, 0) is 42.1 Å². The number of anilines is 1. The van der Waals surface area contributed by atoms with E-state index in [1.807, 2.05) is 0 Å². The van der Waals surface area contributed by atoms with Crippen molar-refractivity contribution < 1.29 is 13.6 Å². The average molecular weight is 392 g/mol. The van der Waals surface area contributed by atoms with Crippen molar-refractivity contribution in [2.75, 3.05) is 12.4 Å². The van der Waals surface area contributed by atoms with E-state index in [9.17, 15) is 18.4 Å². The van der Waals surface area contributed by atoms with Crippen LogP contribution in [0.3, 0.4) is 0 Å². The molecule has 5 nitrogen and oxygen atoms in total. The number of carbonyl (C=O) groups is 1. The second kappa shape index (κ2) is 7.36. The maximum atomic E-state index is 14.1. The minimum atomic E-state index is -0.629. The molecule has 0 bridgehead atoms. The van der Waals surface area contributed by atoms with E-state index in [-0.39, 0.29) is 10.4 Å². The van der Waals surface area contributed by atoms with Gasteiger partial charge in [-0.3, -0.25) is 4.79 Å². The van der Waals surface area contributed by atoms with E-state index in [1.54, 1.807) is 20.0 Å². The highest BCUT2D eigenvalue weighted by Gasteiger charge is 2.21. The molecule has 27 heavy (non-hydrogen) atoms. The lowest BCUT2D eigenvalue weighted by Gasteiger charge is -2.26. The summed E-state index contributed by atoms with van der Waals surface area (Å²) in [6.07, 6.45) is 1.47. The summed E-state index contributed by atoms with van der Waals surface area (Å²) in [4.78, 5) is 28.4. The average Bonchev–Trinajstić information content (AvgIpc) is 2.64. The van der Waals surface area contributed by atoms with Gasteiger partial charge in [0.1, 0.15) is 11.6 Å². The standard InChI is InChI=1S/C19H16ClF2N3O2/c1-10(13-9-23-18(26)17-12(13)4-3-5-16(17)22)25(2)19(27)24-11-6-7-15(21)14(20)8-11/h3-10H,1-2H3,(H,23,26)(H,24,27). The first-order valence-electron chi connectivity index (χ1n) is 8.08. The molecular formula is C19H16ClF2N3O2. The Morgan fingerprint density at radius 3 is 2.67 bits per heavy atom. The van der Waals surface area contributed by atoms with Gasteiger partial charge in [0.05, 0.1) is 16.5 Å². The molecule has 140 valence electrons. The van der Waals surface area contributed by atoms with Gasteiger partial charge in [0, 0.05) is 18.9 Å². The Labute approximate surface area is 158 Å². The molecule has 3 rings (SSSR count). The predicted octanol–water partition coefficient (Wildman–Crippen LogP) is 4.68. The summed E-state index contributed by atoms with van der Waals surface area (Å²) in [6, 6.07) is 7.24. The molecule has 3 aromatic rings. The zero-order valence-electron chi connectivity index (χ0n) is 14.5. The third-order valence-electron chi connectivity index (χ3n) is 4.43. The minimum absolute atomic E-state index is 0.0547. The van der Waals surface area contributed by atoms with Crippen molar-refractivity contribution in [2.45, 2.75) is 13.0 Å². The number of pyridine rings is 1. The van der Waals surface area contributed by atoms with Gasteiger partial charge in [0.2, 0.25) is 0 Å². The van der Waals surface area contributed by atoms with Crippen LogP contribution in [0.4, 0.5) is 19.3 Å². The topological polar surface area (TPSA) is 65.2 Å². The molecule has 1 heterocycles. The van der Waals surface area contributed by atoms with Crippen LogP contribution in [0.2, 0.25) is 5.02 Å². The third kappa shape index (κ3) is 3.64. The maximum Gasteiger partial charge on any atom is 0.322 e. The van der Waals surface area contributed by atoms with Crippen molar-refractivity contribution in [3.05, 3.63) is 75.2 Å². The summed E-state index contributed by atoms with van der Waals surface area (Å²) >= 11 is 5.72. The number of aromatic nitrogens is 1. The molecule has 0 aliphatic carbocycles. The normalized spacial score (nSPS) is 12.0. The highest BCUT2D eigenvalue weighted by molar-refractivity contribution is 6.31. The number of hydrogen-bond donors (Lipinski definition) is 2. The number of benzene rings is 2. The van der Waals surface area contributed by atoms with Crippen molar-refractivity contribution in [3.63, 3.8) is 0 Å². The number of carbonyl (C=O) groups excluding carboxylic acids is 1. The van der Waals surface area contributed by atoms with E-state index in [0.717, 1.165) is 6.07 Å². The number of rotatable bonds is 3. The number of aromatic amines is 1. The van der Waals surface area contributed by atoms with E-state index in [4.69, 9.17) is 11.6 Å². The van der Waals surface area contributed by atoms with Crippen LogP contribution in [0.5, 0.6) is 0 Å². The number of nitrogens with zero attached hydrogens (tertiary/aromatic N) is 1. The van der Waals surface area contributed by atoms with Crippen LogP contribution in [0.15, 0.2) is 47.4 Å².